The molecule has 5 heteroatoms. The summed E-state index contributed by atoms with van der Waals surface area (Å²) in [5.74, 6) is 1.52. The number of nitrogens with zero attached hydrogens (tertiary/aromatic N) is 2. The van der Waals surface area contributed by atoms with Crippen molar-refractivity contribution < 1.29 is 14.3 Å². The minimum Gasteiger partial charge on any atom is -0.497 e. The Balaban J connectivity index is 1.61. The molecular formula is C35H42N2O3. The van der Waals surface area contributed by atoms with Crippen LogP contribution in [0.3, 0.4) is 0 Å². The van der Waals surface area contributed by atoms with Gasteiger partial charge >= 0.3 is 0 Å². The number of hydrogen-bond acceptors (Lipinski definition) is 3. The predicted molar refractivity (Wildman–Crippen MR) is 162 cm³/mol. The van der Waals surface area contributed by atoms with Gasteiger partial charge in [0.25, 0.3) is 5.91 Å². The number of carbonyl (C=O) groups is 2. The van der Waals surface area contributed by atoms with Gasteiger partial charge in [0.05, 0.1) is 18.2 Å². The Bertz CT molecular complexity index is 1500. The fraction of sp³-hybridized carbons (Fsp3) is 0.514. The topological polar surface area (TPSA) is 60.7 Å². The van der Waals surface area contributed by atoms with E-state index < -0.39 is 5.41 Å². The van der Waals surface area contributed by atoms with Crippen molar-refractivity contribution in [3.63, 3.8) is 0 Å². The molecule has 2 aromatic carbocycles. The van der Waals surface area contributed by atoms with Gasteiger partial charge in [0.15, 0.2) is 5.78 Å². The normalized spacial score (nSPS) is 21.6. The van der Waals surface area contributed by atoms with Crippen LogP contribution in [0.25, 0.3) is 22.2 Å². The van der Waals surface area contributed by atoms with Crippen LogP contribution in [-0.4, -0.2) is 29.1 Å². The molecule has 0 saturated heterocycles. The summed E-state index contributed by atoms with van der Waals surface area (Å²) in [5.41, 5.74) is 7.33. The Kier molecular flexibility index (Phi) is 7.18. The van der Waals surface area contributed by atoms with Crippen LogP contribution >= 0.6 is 0 Å². The van der Waals surface area contributed by atoms with Gasteiger partial charge in [0.1, 0.15) is 5.75 Å². The molecule has 3 aromatic rings. The first-order valence-electron chi connectivity index (χ1n) is 15.4. The molecule has 0 bridgehead atoms. The molecule has 6 rings (SSSR count). The number of Topliss-reactive ketones (excluding diaryl/α,β-unsaturated/α-hetero) is 1. The fourth-order valence-corrected chi connectivity index (χ4v) is 7.57. The Morgan fingerprint density at radius 2 is 1.77 bits per heavy atom. The molecular weight excluding hydrogens is 496 g/mol. The molecule has 2 unspecified atom stereocenters. The Hall–Kier alpha value is -3.21. The highest BCUT2D eigenvalue weighted by atomic mass is 16.5. The van der Waals surface area contributed by atoms with E-state index in [4.69, 9.17) is 9.73 Å². The fourth-order valence-electron chi connectivity index (χ4n) is 7.57. The highest BCUT2D eigenvalue weighted by Gasteiger charge is 2.63. The predicted octanol–water partition coefficient (Wildman–Crippen LogP) is 8.62. The van der Waals surface area contributed by atoms with Crippen LogP contribution in [0.1, 0.15) is 118 Å². The molecule has 1 aliphatic heterocycles. The van der Waals surface area contributed by atoms with Gasteiger partial charge in [-0.05, 0) is 80.3 Å². The van der Waals surface area contributed by atoms with Crippen LogP contribution in [0.15, 0.2) is 41.4 Å². The molecule has 0 radical (unpaired) electrons. The third-order valence-corrected chi connectivity index (χ3v) is 9.69. The third kappa shape index (κ3) is 4.42. The van der Waals surface area contributed by atoms with Gasteiger partial charge in [-0.2, -0.15) is 0 Å². The maximum Gasteiger partial charge on any atom is 0.254 e. The van der Waals surface area contributed by atoms with Gasteiger partial charge in [-0.3, -0.25) is 9.59 Å². The van der Waals surface area contributed by atoms with Gasteiger partial charge in [-0.1, -0.05) is 58.1 Å². The number of aliphatic imine (C=N–C) groups is 1. The molecule has 2 heterocycles. The molecule has 40 heavy (non-hydrogen) atoms. The summed E-state index contributed by atoms with van der Waals surface area (Å²) in [7, 11) is 1.71. The van der Waals surface area contributed by atoms with E-state index in [1.165, 1.54) is 59.9 Å². The smallest absolute Gasteiger partial charge is 0.254 e. The summed E-state index contributed by atoms with van der Waals surface area (Å²) in [6, 6.07) is 12.6. The van der Waals surface area contributed by atoms with Gasteiger partial charge in [-0.15, -0.1) is 0 Å². The SMILES string of the molecule is CCCC(CCC)=NC(=O)C12CC1c1cc(OC)ccc1-c1c(C3CCCCC3)c3ccc(C(C)=O)cc3n1C2. The van der Waals surface area contributed by atoms with Gasteiger partial charge in [0, 0.05) is 40.2 Å². The van der Waals surface area contributed by atoms with E-state index in [0.29, 0.717) is 12.5 Å². The number of fused-ring (bicyclic) bond motifs is 7. The molecule has 2 fully saturated rings. The van der Waals surface area contributed by atoms with Crippen molar-refractivity contribution in [1.82, 2.24) is 4.57 Å². The lowest BCUT2D eigenvalue weighted by Crippen LogP contribution is -2.23. The van der Waals surface area contributed by atoms with Crippen LogP contribution in [0, 0.1) is 5.41 Å². The molecule has 1 amide bonds. The average Bonchev–Trinajstić information content (AvgIpc) is 3.64. The molecule has 1 aromatic heterocycles. The zero-order valence-corrected chi connectivity index (χ0v) is 24.5. The molecule has 2 saturated carbocycles. The van der Waals surface area contributed by atoms with Crippen molar-refractivity contribution in [3.05, 3.63) is 53.1 Å². The number of hydrogen-bond donors (Lipinski definition) is 0. The monoisotopic (exact) mass is 538 g/mol. The average molecular weight is 539 g/mol. The van der Waals surface area contributed by atoms with Crippen LogP contribution in [0.5, 0.6) is 5.75 Å². The Morgan fingerprint density at radius 3 is 2.45 bits per heavy atom. The van der Waals surface area contributed by atoms with Gasteiger partial charge < -0.3 is 9.30 Å². The lowest BCUT2D eigenvalue weighted by atomic mass is 9.81. The zero-order valence-electron chi connectivity index (χ0n) is 24.5. The summed E-state index contributed by atoms with van der Waals surface area (Å²) in [6.07, 6.45) is 10.7. The van der Waals surface area contributed by atoms with E-state index in [-0.39, 0.29) is 17.6 Å². The quantitative estimate of drug-likeness (QED) is 0.213. The second-order valence-corrected chi connectivity index (χ2v) is 12.3. The second kappa shape index (κ2) is 10.6. The lowest BCUT2D eigenvalue weighted by molar-refractivity contribution is -0.123. The number of aromatic nitrogens is 1. The van der Waals surface area contributed by atoms with E-state index in [1.807, 2.05) is 6.07 Å². The molecule has 0 N–H and O–H groups in total. The Labute approximate surface area is 238 Å². The van der Waals surface area contributed by atoms with E-state index in [0.717, 1.165) is 54.6 Å². The number of ketones is 1. The van der Waals surface area contributed by atoms with Crippen molar-refractivity contribution in [2.24, 2.45) is 10.4 Å². The summed E-state index contributed by atoms with van der Waals surface area (Å²) >= 11 is 0. The molecule has 2 atom stereocenters. The van der Waals surface area contributed by atoms with Gasteiger partial charge in [-0.25, -0.2) is 4.99 Å². The third-order valence-electron chi connectivity index (χ3n) is 9.69. The standard InChI is InChI=1S/C35H42N2O3/c1-5-10-25(11-6-2)36-34(39)35-20-30(35)29-19-26(40-4)15-17-27(29)33-32(23-12-8-7-9-13-23)28-16-14-24(22(3)38)18-31(28)37(33)21-35/h14-19,23,30H,5-13,20-21H2,1-4H3. The molecule has 0 spiro atoms. The van der Waals surface area contributed by atoms with Crippen LogP contribution in [-0.2, 0) is 11.3 Å². The number of methoxy groups -OCH3 is 1. The van der Waals surface area contributed by atoms with Crippen molar-refractivity contribution >= 4 is 28.3 Å². The molecule has 5 nitrogen and oxygen atoms in total. The van der Waals surface area contributed by atoms with Crippen molar-refractivity contribution in [3.8, 4) is 17.0 Å². The van der Waals surface area contributed by atoms with Gasteiger partial charge in [0.2, 0.25) is 0 Å². The molecule has 210 valence electrons. The zero-order chi connectivity index (χ0) is 28.0. The van der Waals surface area contributed by atoms with Crippen LogP contribution in [0.2, 0.25) is 0 Å². The minimum absolute atomic E-state index is 0.0276. The van der Waals surface area contributed by atoms with Crippen molar-refractivity contribution in [1.29, 1.82) is 0 Å². The second-order valence-electron chi connectivity index (χ2n) is 12.3. The summed E-state index contributed by atoms with van der Waals surface area (Å²) < 4.78 is 8.09. The van der Waals surface area contributed by atoms with Crippen molar-refractivity contribution in [2.45, 2.75) is 103 Å². The first kappa shape index (κ1) is 27.0. The number of carbonyl (C=O) groups excluding carboxylic acids is 2. The summed E-state index contributed by atoms with van der Waals surface area (Å²) in [6.45, 7) is 6.54. The molecule has 3 aliphatic rings. The lowest BCUT2D eigenvalue weighted by Gasteiger charge is -2.24. The highest BCUT2D eigenvalue weighted by Crippen LogP contribution is 2.66. The molecule has 2 aliphatic carbocycles. The maximum atomic E-state index is 14.2. The first-order chi connectivity index (χ1) is 19.4. The van der Waals surface area contributed by atoms with E-state index in [9.17, 15) is 9.59 Å². The summed E-state index contributed by atoms with van der Waals surface area (Å²) in [4.78, 5) is 31.5. The number of benzene rings is 2. The number of amides is 1. The summed E-state index contributed by atoms with van der Waals surface area (Å²) in [5, 5.41) is 1.23. The highest BCUT2D eigenvalue weighted by molar-refractivity contribution is 6.03. The Morgan fingerprint density at radius 1 is 1.02 bits per heavy atom. The van der Waals surface area contributed by atoms with E-state index in [1.54, 1.807) is 14.0 Å². The van der Waals surface area contributed by atoms with E-state index in [2.05, 4.69) is 48.7 Å². The largest absolute Gasteiger partial charge is 0.497 e. The number of rotatable bonds is 8. The number of ether oxygens (including phenoxy) is 1. The minimum atomic E-state index is -0.568. The first-order valence-corrected chi connectivity index (χ1v) is 15.4. The van der Waals surface area contributed by atoms with Crippen molar-refractivity contribution in [2.75, 3.05) is 7.11 Å². The van der Waals surface area contributed by atoms with Crippen LogP contribution < -0.4 is 4.74 Å². The van der Waals surface area contributed by atoms with E-state index >= 15 is 0 Å². The maximum absolute atomic E-state index is 14.2. The van der Waals surface area contributed by atoms with Crippen LogP contribution in [0.4, 0.5) is 0 Å².